The van der Waals surface area contributed by atoms with E-state index in [9.17, 15) is 0 Å². The van der Waals surface area contributed by atoms with Gasteiger partial charge >= 0.3 is 0 Å². The molecule has 3 nitrogen and oxygen atoms in total. The summed E-state index contributed by atoms with van der Waals surface area (Å²) < 4.78 is 0. The topological polar surface area (TPSA) is 38.7 Å². The van der Waals surface area contributed by atoms with E-state index in [1.807, 2.05) is 6.08 Å². The summed E-state index contributed by atoms with van der Waals surface area (Å²) in [5, 5.41) is 11.2. The van der Waals surface area contributed by atoms with Crippen LogP contribution < -0.4 is 0 Å². The molecular weight excluding hydrogens is 150 g/mol. The van der Waals surface area contributed by atoms with E-state index >= 15 is 0 Å². The van der Waals surface area contributed by atoms with Crippen LogP contribution in [0, 0.1) is 0 Å². The lowest BCUT2D eigenvalue weighted by Crippen LogP contribution is -1.99. The van der Waals surface area contributed by atoms with Crippen LogP contribution in [-0.4, -0.2) is 15.4 Å². The van der Waals surface area contributed by atoms with E-state index in [0.717, 1.165) is 24.1 Å². The molecule has 3 heteroatoms. The third kappa shape index (κ3) is 1.99. The summed E-state index contributed by atoms with van der Waals surface area (Å²) >= 11 is 0. The summed E-state index contributed by atoms with van der Waals surface area (Å²) in [5.74, 6) is 0. The highest BCUT2D eigenvalue weighted by Gasteiger charge is 2.00. The van der Waals surface area contributed by atoms with Gasteiger partial charge in [-0.15, -0.1) is 23.4 Å². The maximum atomic E-state index is 3.91. The molecule has 0 bridgehead atoms. The molecule has 1 heterocycles. The Morgan fingerprint density at radius 1 is 1.25 bits per heavy atom. The first-order valence-corrected chi connectivity index (χ1v) is 3.76. The lowest BCUT2D eigenvalue weighted by Gasteiger charge is -2.00. The predicted octanol–water partition coefficient (Wildman–Crippen LogP) is 1.33. The smallest absolute Gasteiger partial charge is 0.0737 e. The van der Waals surface area contributed by atoms with Crippen molar-refractivity contribution in [1.82, 2.24) is 15.4 Å². The lowest BCUT2D eigenvalue weighted by atomic mass is 10.1. The van der Waals surface area contributed by atoms with Crippen molar-refractivity contribution in [3.63, 3.8) is 0 Å². The zero-order chi connectivity index (χ0) is 8.81. The van der Waals surface area contributed by atoms with Crippen molar-refractivity contribution in [2.75, 3.05) is 0 Å². The molecule has 0 amide bonds. The highest BCUT2D eigenvalue weighted by atomic mass is 15.3. The zero-order valence-electron chi connectivity index (χ0n) is 6.90. The molecule has 0 radical (unpaired) electrons. The Morgan fingerprint density at radius 3 is 2.67 bits per heavy atom. The maximum absolute atomic E-state index is 3.91. The number of nitrogens with zero attached hydrogens (tertiary/aromatic N) is 3. The predicted molar refractivity (Wildman–Crippen MR) is 47.6 cm³/mol. The molecule has 0 aliphatic carbocycles. The molecule has 0 saturated heterocycles. The number of allylic oxidation sites excluding steroid dienone is 2. The third-order valence-electron chi connectivity index (χ3n) is 1.50. The van der Waals surface area contributed by atoms with Gasteiger partial charge in [0.1, 0.15) is 0 Å². The fourth-order valence-electron chi connectivity index (χ4n) is 0.949. The molecule has 0 N–H and O–H groups in total. The molecule has 62 valence electrons. The van der Waals surface area contributed by atoms with E-state index in [2.05, 4.69) is 28.6 Å². The van der Waals surface area contributed by atoms with Crippen molar-refractivity contribution in [3.05, 3.63) is 42.8 Å². The molecule has 0 atom stereocenters. The molecule has 0 unspecified atom stereocenters. The number of rotatable bonds is 4. The Kier molecular flexibility index (Phi) is 3.14. The summed E-state index contributed by atoms with van der Waals surface area (Å²) in [5.41, 5.74) is 2.00. The Balaban J connectivity index is 2.90. The van der Waals surface area contributed by atoms with Crippen molar-refractivity contribution < 1.29 is 0 Å². The molecule has 0 saturated carbocycles. The van der Waals surface area contributed by atoms with Gasteiger partial charge in [-0.05, 0) is 17.2 Å². The van der Waals surface area contributed by atoms with Gasteiger partial charge in [-0.1, -0.05) is 12.2 Å². The first-order valence-electron chi connectivity index (χ1n) is 3.76. The minimum Gasteiger partial charge on any atom is -0.138 e. The summed E-state index contributed by atoms with van der Waals surface area (Å²) in [6.07, 6.45) is 6.86. The van der Waals surface area contributed by atoms with E-state index in [1.165, 1.54) is 0 Å². The third-order valence-corrected chi connectivity index (χ3v) is 1.50. The van der Waals surface area contributed by atoms with Gasteiger partial charge in [0.05, 0.1) is 11.9 Å². The molecular formula is C9H11N3. The van der Waals surface area contributed by atoms with Crippen molar-refractivity contribution in [2.24, 2.45) is 0 Å². The molecule has 12 heavy (non-hydrogen) atoms. The van der Waals surface area contributed by atoms with Crippen molar-refractivity contribution in [2.45, 2.75) is 12.8 Å². The minimum atomic E-state index is 0.735. The second kappa shape index (κ2) is 4.38. The quantitative estimate of drug-likeness (QED) is 0.625. The molecule has 1 aromatic rings. The Bertz CT molecular complexity index is 252. The zero-order valence-corrected chi connectivity index (χ0v) is 6.90. The number of hydrogen-bond donors (Lipinski definition) is 0. The van der Waals surface area contributed by atoms with Gasteiger partial charge in [0.2, 0.25) is 0 Å². The van der Waals surface area contributed by atoms with Crippen LogP contribution in [-0.2, 0) is 12.8 Å². The van der Waals surface area contributed by atoms with E-state index in [-0.39, 0.29) is 0 Å². The Morgan fingerprint density at radius 2 is 2.00 bits per heavy atom. The van der Waals surface area contributed by atoms with E-state index < -0.39 is 0 Å². The van der Waals surface area contributed by atoms with Gasteiger partial charge in [0.15, 0.2) is 0 Å². The summed E-state index contributed by atoms with van der Waals surface area (Å²) in [6.45, 7) is 7.30. The van der Waals surface area contributed by atoms with E-state index in [1.54, 1.807) is 12.3 Å². The number of aromatic nitrogens is 3. The van der Waals surface area contributed by atoms with Crippen LogP contribution >= 0.6 is 0 Å². The van der Waals surface area contributed by atoms with Crippen LogP contribution in [0.2, 0.25) is 0 Å². The first kappa shape index (κ1) is 8.59. The maximum Gasteiger partial charge on any atom is 0.0737 e. The van der Waals surface area contributed by atoms with Crippen LogP contribution in [0.3, 0.4) is 0 Å². The standard InChI is InChI=1S/C9H11N3/c1-3-5-8-7-10-12-11-9(8)6-4-2/h3-4,7H,1-2,5-6H2. The molecule has 0 spiro atoms. The van der Waals surface area contributed by atoms with Crippen molar-refractivity contribution in [1.29, 1.82) is 0 Å². The van der Waals surface area contributed by atoms with Crippen LogP contribution in [0.5, 0.6) is 0 Å². The average Bonchev–Trinajstić information content (AvgIpc) is 2.09. The molecule has 0 fully saturated rings. The minimum absolute atomic E-state index is 0.735. The fraction of sp³-hybridized carbons (Fsp3) is 0.222. The van der Waals surface area contributed by atoms with Crippen molar-refractivity contribution >= 4 is 0 Å². The summed E-state index contributed by atoms with van der Waals surface area (Å²) in [6, 6.07) is 0. The van der Waals surface area contributed by atoms with Crippen LogP contribution in [0.25, 0.3) is 0 Å². The molecule has 0 aliphatic heterocycles. The second-order valence-electron chi connectivity index (χ2n) is 2.39. The van der Waals surface area contributed by atoms with Gasteiger partial charge in [0, 0.05) is 6.42 Å². The summed E-state index contributed by atoms with van der Waals surface area (Å²) in [4.78, 5) is 0. The normalized spacial score (nSPS) is 9.33. The first-order chi connectivity index (χ1) is 5.88. The van der Waals surface area contributed by atoms with E-state index in [0.29, 0.717) is 0 Å². The van der Waals surface area contributed by atoms with Gasteiger partial charge in [-0.2, -0.15) is 0 Å². The average molecular weight is 161 g/mol. The SMILES string of the molecule is C=CCc1cnnnc1CC=C. The molecule has 0 aliphatic rings. The lowest BCUT2D eigenvalue weighted by molar-refractivity contribution is 0.804. The van der Waals surface area contributed by atoms with Crippen LogP contribution in [0.1, 0.15) is 11.3 Å². The van der Waals surface area contributed by atoms with Crippen molar-refractivity contribution in [3.8, 4) is 0 Å². The van der Waals surface area contributed by atoms with Crippen LogP contribution in [0.15, 0.2) is 31.5 Å². The van der Waals surface area contributed by atoms with Crippen LogP contribution in [0.4, 0.5) is 0 Å². The van der Waals surface area contributed by atoms with Gasteiger partial charge in [0.25, 0.3) is 0 Å². The Hall–Kier alpha value is -1.51. The largest absolute Gasteiger partial charge is 0.138 e. The molecule has 1 rings (SSSR count). The monoisotopic (exact) mass is 161 g/mol. The highest BCUT2D eigenvalue weighted by Crippen LogP contribution is 2.04. The van der Waals surface area contributed by atoms with Gasteiger partial charge < -0.3 is 0 Å². The second-order valence-corrected chi connectivity index (χ2v) is 2.39. The molecule has 0 aromatic carbocycles. The molecule has 1 aromatic heterocycles. The fourth-order valence-corrected chi connectivity index (χ4v) is 0.949. The van der Waals surface area contributed by atoms with Gasteiger partial charge in [-0.3, -0.25) is 0 Å². The number of hydrogen-bond acceptors (Lipinski definition) is 3. The highest BCUT2D eigenvalue weighted by molar-refractivity contribution is 5.19. The van der Waals surface area contributed by atoms with Gasteiger partial charge in [-0.25, -0.2) is 0 Å². The Labute approximate surface area is 71.8 Å². The van der Waals surface area contributed by atoms with E-state index in [4.69, 9.17) is 0 Å². The summed E-state index contributed by atoms with van der Waals surface area (Å²) in [7, 11) is 0.